The Morgan fingerprint density at radius 1 is 1.19 bits per heavy atom. The molecule has 3 N–H and O–H groups in total. The largest absolute Gasteiger partial charge is 0.393 e. The van der Waals surface area contributed by atoms with Gasteiger partial charge in [0, 0.05) is 12.3 Å². The van der Waals surface area contributed by atoms with Crippen LogP contribution in [0.2, 0.25) is 0 Å². The van der Waals surface area contributed by atoms with Gasteiger partial charge in [0.15, 0.2) is 0 Å². The van der Waals surface area contributed by atoms with Gasteiger partial charge in [0.05, 0.1) is 18.3 Å². The molecule has 3 heteroatoms. The molecule has 1 saturated carbocycles. The first kappa shape index (κ1) is 16.2. The molecule has 1 aromatic carbocycles. The van der Waals surface area contributed by atoms with Crippen LogP contribution in [0.15, 0.2) is 42.5 Å². The number of benzene rings is 1. The van der Waals surface area contributed by atoms with Crippen molar-refractivity contribution in [3.8, 4) is 0 Å². The number of hydrogen-bond donors (Lipinski definition) is 3. The van der Waals surface area contributed by atoms with Crippen LogP contribution < -0.4 is 0 Å². The molecule has 1 aliphatic carbocycles. The van der Waals surface area contributed by atoms with Gasteiger partial charge in [-0.2, -0.15) is 0 Å². The van der Waals surface area contributed by atoms with Gasteiger partial charge >= 0.3 is 0 Å². The van der Waals surface area contributed by atoms with Gasteiger partial charge in [0.25, 0.3) is 0 Å². The second-order valence-electron chi connectivity index (χ2n) is 6.00. The lowest BCUT2D eigenvalue weighted by Crippen LogP contribution is -2.20. The Morgan fingerprint density at radius 3 is 2.57 bits per heavy atom. The van der Waals surface area contributed by atoms with Crippen molar-refractivity contribution in [1.29, 1.82) is 0 Å². The molecule has 0 heterocycles. The molecule has 0 saturated heterocycles. The quantitative estimate of drug-likeness (QED) is 0.705. The predicted octanol–water partition coefficient (Wildman–Crippen LogP) is 2.30. The fourth-order valence-electron chi connectivity index (χ4n) is 3.25. The van der Waals surface area contributed by atoms with Crippen molar-refractivity contribution in [3.63, 3.8) is 0 Å². The van der Waals surface area contributed by atoms with E-state index in [1.807, 2.05) is 31.2 Å². The zero-order valence-corrected chi connectivity index (χ0v) is 12.6. The van der Waals surface area contributed by atoms with Crippen LogP contribution >= 0.6 is 0 Å². The molecule has 5 atom stereocenters. The van der Waals surface area contributed by atoms with Gasteiger partial charge in [-0.3, -0.25) is 0 Å². The molecule has 21 heavy (non-hydrogen) atoms. The normalized spacial score (nSPS) is 30.9. The number of aryl methyl sites for hydroxylation is 1. The monoisotopic (exact) mass is 290 g/mol. The summed E-state index contributed by atoms with van der Waals surface area (Å²) < 4.78 is 0. The van der Waals surface area contributed by atoms with Gasteiger partial charge in [-0.25, -0.2) is 0 Å². The summed E-state index contributed by atoms with van der Waals surface area (Å²) in [6.45, 7) is 2.03. The van der Waals surface area contributed by atoms with Crippen LogP contribution in [0.5, 0.6) is 0 Å². The van der Waals surface area contributed by atoms with E-state index < -0.39 is 18.3 Å². The first-order valence-electron chi connectivity index (χ1n) is 7.88. The fraction of sp³-hybridized carbons (Fsp3) is 0.556. The Balaban J connectivity index is 1.85. The van der Waals surface area contributed by atoms with Crippen molar-refractivity contribution in [2.24, 2.45) is 11.8 Å². The predicted molar refractivity (Wildman–Crippen MR) is 83.8 cm³/mol. The highest BCUT2D eigenvalue weighted by Crippen LogP contribution is 2.35. The lowest BCUT2D eigenvalue weighted by atomic mass is 9.90. The molecule has 2 rings (SSSR count). The SMILES string of the molecule is CC[C@@H]1[C@@H](/C=C/[C@@H](O)CCc2ccccc2)[C@H](O)C[C@@H]1O. The molecule has 0 aromatic heterocycles. The van der Waals surface area contributed by atoms with Crippen LogP contribution in [0.1, 0.15) is 31.7 Å². The van der Waals surface area contributed by atoms with Gasteiger partial charge in [-0.15, -0.1) is 0 Å². The number of hydrogen-bond acceptors (Lipinski definition) is 3. The van der Waals surface area contributed by atoms with Gasteiger partial charge in [0.2, 0.25) is 0 Å². The van der Waals surface area contributed by atoms with Gasteiger partial charge in [-0.05, 0) is 24.3 Å². The fourth-order valence-corrected chi connectivity index (χ4v) is 3.25. The Hall–Kier alpha value is -1.16. The average molecular weight is 290 g/mol. The standard InChI is InChI=1S/C18H26O3/c1-2-15-16(18(21)12-17(15)20)11-10-14(19)9-8-13-6-4-3-5-7-13/h3-7,10-11,14-21H,2,8-9,12H2,1H3/b11-10+/t14-,15+,16+,17-,18+/m0/s1. The van der Waals surface area contributed by atoms with Crippen molar-refractivity contribution in [2.45, 2.75) is 50.9 Å². The first-order chi connectivity index (χ1) is 10.1. The van der Waals surface area contributed by atoms with Gasteiger partial charge in [-0.1, -0.05) is 55.8 Å². The van der Waals surface area contributed by atoms with Gasteiger partial charge in [0.1, 0.15) is 0 Å². The summed E-state index contributed by atoms with van der Waals surface area (Å²) in [6.07, 6.45) is 5.02. The van der Waals surface area contributed by atoms with Crippen LogP contribution in [0.25, 0.3) is 0 Å². The van der Waals surface area contributed by atoms with E-state index in [1.165, 1.54) is 5.56 Å². The molecular weight excluding hydrogens is 264 g/mol. The van der Waals surface area contributed by atoms with E-state index in [1.54, 1.807) is 6.08 Å². The smallest absolute Gasteiger partial charge is 0.0724 e. The first-order valence-corrected chi connectivity index (χ1v) is 7.88. The summed E-state index contributed by atoms with van der Waals surface area (Å²) in [7, 11) is 0. The highest BCUT2D eigenvalue weighted by atomic mass is 16.3. The third-order valence-electron chi connectivity index (χ3n) is 4.51. The second kappa shape index (κ2) is 7.74. The van der Waals surface area contributed by atoms with E-state index in [4.69, 9.17) is 0 Å². The third kappa shape index (κ3) is 4.40. The molecule has 1 aromatic rings. The Labute approximate surface area is 126 Å². The Kier molecular flexibility index (Phi) is 5.97. The van der Waals surface area contributed by atoms with Crippen LogP contribution in [-0.4, -0.2) is 33.6 Å². The summed E-state index contributed by atoms with van der Waals surface area (Å²) in [5, 5.41) is 29.9. The maximum atomic E-state index is 10.1. The molecule has 0 spiro atoms. The maximum absolute atomic E-state index is 10.1. The molecule has 0 radical (unpaired) electrons. The van der Waals surface area contributed by atoms with E-state index in [2.05, 4.69) is 12.1 Å². The minimum atomic E-state index is -0.507. The lowest BCUT2D eigenvalue weighted by molar-refractivity contribution is 0.118. The molecule has 0 amide bonds. The molecule has 0 unspecified atom stereocenters. The van der Waals surface area contributed by atoms with Crippen molar-refractivity contribution in [1.82, 2.24) is 0 Å². The van der Waals surface area contributed by atoms with Crippen LogP contribution in [-0.2, 0) is 6.42 Å². The summed E-state index contributed by atoms with van der Waals surface area (Å²) in [6, 6.07) is 10.1. The van der Waals surface area contributed by atoms with E-state index >= 15 is 0 Å². The van der Waals surface area contributed by atoms with Gasteiger partial charge < -0.3 is 15.3 Å². The van der Waals surface area contributed by atoms with Crippen molar-refractivity contribution in [2.75, 3.05) is 0 Å². The third-order valence-corrected chi connectivity index (χ3v) is 4.51. The zero-order chi connectivity index (χ0) is 15.2. The van der Waals surface area contributed by atoms with E-state index in [9.17, 15) is 15.3 Å². The number of aliphatic hydroxyl groups is 3. The summed E-state index contributed by atoms with van der Waals surface area (Å²) in [5.74, 6) is 0.0500. The highest BCUT2D eigenvalue weighted by Gasteiger charge is 2.38. The minimum Gasteiger partial charge on any atom is -0.393 e. The molecule has 1 aliphatic rings. The summed E-state index contributed by atoms with van der Waals surface area (Å²) >= 11 is 0. The van der Waals surface area contributed by atoms with Crippen LogP contribution in [0.3, 0.4) is 0 Å². The molecule has 0 bridgehead atoms. The number of aliphatic hydroxyl groups excluding tert-OH is 3. The van der Waals surface area contributed by atoms with E-state index in [0.717, 1.165) is 12.8 Å². The topological polar surface area (TPSA) is 60.7 Å². The minimum absolute atomic E-state index is 0.0450. The van der Waals surface area contributed by atoms with E-state index in [-0.39, 0.29) is 11.8 Å². The summed E-state index contributed by atoms with van der Waals surface area (Å²) in [4.78, 5) is 0. The van der Waals surface area contributed by atoms with Crippen LogP contribution in [0.4, 0.5) is 0 Å². The molecular formula is C18H26O3. The van der Waals surface area contributed by atoms with Crippen molar-refractivity contribution >= 4 is 0 Å². The van der Waals surface area contributed by atoms with Crippen molar-refractivity contribution in [3.05, 3.63) is 48.0 Å². The Bertz CT molecular complexity index is 443. The molecule has 1 fully saturated rings. The highest BCUT2D eigenvalue weighted by molar-refractivity contribution is 5.15. The Morgan fingerprint density at radius 2 is 1.90 bits per heavy atom. The number of rotatable bonds is 6. The molecule has 3 nitrogen and oxygen atoms in total. The average Bonchev–Trinajstić information content (AvgIpc) is 2.77. The lowest BCUT2D eigenvalue weighted by Gasteiger charge is -2.19. The van der Waals surface area contributed by atoms with Crippen molar-refractivity contribution < 1.29 is 15.3 Å². The second-order valence-corrected chi connectivity index (χ2v) is 6.00. The molecule has 116 valence electrons. The molecule has 0 aliphatic heterocycles. The van der Waals surface area contributed by atoms with Crippen LogP contribution in [0, 0.1) is 11.8 Å². The maximum Gasteiger partial charge on any atom is 0.0724 e. The summed E-state index contributed by atoms with van der Waals surface area (Å²) in [5.41, 5.74) is 1.22. The van der Waals surface area contributed by atoms with E-state index in [0.29, 0.717) is 12.8 Å². The zero-order valence-electron chi connectivity index (χ0n) is 12.6.